The fraction of sp³-hybridized carbons (Fsp3) is 0.933. The Hall–Kier alpha value is -0.650. The number of carbonyl (C=O) groups excluding carboxylic acids is 1. The lowest BCUT2D eigenvalue weighted by Gasteiger charge is -2.35. The largest absolute Gasteiger partial charge is 0.468 e. The van der Waals surface area contributed by atoms with Gasteiger partial charge in [-0.3, -0.25) is 9.69 Å². The average Bonchev–Trinajstić information content (AvgIpc) is 2.53. The van der Waals surface area contributed by atoms with E-state index in [1.54, 1.807) is 0 Å². The first-order chi connectivity index (χ1) is 9.70. The van der Waals surface area contributed by atoms with E-state index in [9.17, 15) is 4.79 Å². The van der Waals surface area contributed by atoms with Gasteiger partial charge in [0.05, 0.1) is 25.9 Å². The first-order valence-electron chi connectivity index (χ1n) is 7.75. The van der Waals surface area contributed by atoms with Gasteiger partial charge in [-0.15, -0.1) is 0 Å². The highest BCUT2D eigenvalue weighted by atomic mass is 16.5. The molecule has 0 spiro atoms. The Kier molecular flexibility index (Phi) is 6.26. The van der Waals surface area contributed by atoms with E-state index in [1.807, 2.05) is 6.92 Å². The molecule has 2 rings (SSSR count). The Morgan fingerprint density at radius 1 is 1.30 bits per heavy atom. The molecule has 2 saturated heterocycles. The Morgan fingerprint density at radius 3 is 2.65 bits per heavy atom. The minimum atomic E-state index is -0.153. The van der Waals surface area contributed by atoms with E-state index in [-0.39, 0.29) is 18.1 Å². The van der Waals surface area contributed by atoms with Crippen LogP contribution in [0.5, 0.6) is 0 Å². The second-order valence-corrected chi connectivity index (χ2v) is 5.76. The van der Waals surface area contributed by atoms with Crippen LogP contribution in [0.15, 0.2) is 0 Å². The first-order valence-corrected chi connectivity index (χ1v) is 7.75. The standard InChI is InChI=1S/C15H27NO4/c1-12(15(17)18-2)16-8-6-13(7-9-16)20-11-14-5-3-4-10-19-14/h12-14H,3-11H2,1-2H3/t12-,14+/m0/s1. The van der Waals surface area contributed by atoms with E-state index in [1.165, 1.54) is 20.0 Å². The van der Waals surface area contributed by atoms with Crippen LogP contribution in [-0.4, -0.2) is 62.5 Å². The third-order valence-electron chi connectivity index (χ3n) is 4.36. The monoisotopic (exact) mass is 285 g/mol. The van der Waals surface area contributed by atoms with Crippen LogP contribution in [0.25, 0.3) is 0 Å². The number of ether oxygens (including phenoxy) is 3. The number of nitrogens with zero attached hydrogens (tertiary/aromatic N) is 1. The number of rotatable bonds is 5. The number of hydrogen-bond donors (Lipinski definition) is 0. The topological polar surface area (TPSA) is 48.0 Å². The molecule has 0 unspecified atom stereocenters. The summed E-state index contributed by atoms with van der Waals surface area (Å²) < 4.78 is 16.4. The number of methoxy groups -OCH3 is 1. The molecule has 0 bridgehead atoms. The summed E-state index contributed by atoms with van der Waals surface area (Å²) in [6.07, 6.45) is 6.11. The fourth-order valence-electron chi connectivity index (χ4n) is 2.93. The lowest BCUT2D eigenvalue weighted by molar-refractivity contribution is -0.147. The minimum Gasteiger partial charge on any atom is -0.468 e. The average molecular weight is 285 g/mol. The third kappa shape index (κ3) is 4.43. The summed E-state index contributed by atoms with van der Waals surface area (Å²) in [5, 5.41) is 0. The molecule has 2 atom stereocenters. The van der Waals surface area contributed by atoms with Gasteiger partial charge < -0.3 is 14.2 Å². The van der Waals surface area contributed by atoms with Crippen LogP contribution in [0.4, 0.5) is 0 Å². The van der Waals surface area contributed by atoms with E-state index >= 15 is 0 Å². The van der Waals surface area contributed by atoms with E-state index in [0.29, 0.717) is 6.10 Å². The van der Waals surface area contributed by atoms with Crippen molar-refractivity contribution in [1.82, 2.24) is 4.90 Å². The van der Waals surface area contributed by atoms with Crippen molar-refractivity contribution in [3.05, 3.63) is 0 Å². The van der Waals surface area contributed by atoms with E-state index < -0.39 is 0 Å². The molecule has 116 valence electrons. The SMILES string of the molecule is COC(=O)[C@H](C)N1CCC(OC[C@H]2CCCCO2)CC1. The highest BCUT2D eigenvalue weighted by Crippen LogP contribution is 2.19. The zero-order valence-electron chi connectivity index (χ0n) is 12.7. The number of hydrogen-bond acceptors (Lipinski definition) is 5. The van der Waals surface area contributed by atoms with Crippen molar-refractivity contribution in [3.63, 3.8) is 0 Å². The van der Waals surface area contributed by atoms with Gasteiger partial charge in [0.1, 0.15) is 6.04 Å². The number of esters is 1. The Morgan fingerprint density at radius 2 is 2.05 bits per heavy atom. The molecule has 5 heteroatoms. The molecule has 0 aliphatic carbocycles. The second kappa shape index (κ2) is 7.96. The maximum absolute atomic E-state index is 11.5. The van der Waals surface area contributed by atoms with Crippen LogP contribution in [0, 0.1) is 0 Å². The second-order valence-electron chi connectivity index (χ2n) is 5.76. The van der Waals surface area contributed by atoms with Gasteiger partial charge >= 0.3 is 5.97 Å². The molecule has 2 aliphatic rings. The molecule has 20 heavy (non-hydrogen) atoms. The summed E-state index contributed by atoms with van der Waals surface area (Å²) in [5.74, 6) is -0.153. The number of likely N-dealkylation sites (tertiary alicyclic amines) is 1. The van der Waals surface area contributed by atoms with Crippen LogP contribution in [0.2, 0.25) is 0 Å². The summed E-state index contributed by atoms with van der Waals surface area (Å²) >= 11 is 0. The van der Waals surface area contributed by atoms with Gasteiger partial charge in [-0.2, -0.15) is 0 Å². The van der Waals surface area contributed by atoms with E-state index in [0.717, 1.165) is 45.6 Å². The smallest absolute Gasteiger partial charge is 0.322 e. The van der Waals surface area contributed by atoms with Gasteiger partial charge in [0.15, 0.2) is 0 Å². The lowest BCUT2D eigenvalue weighted by atomic mass is 10.1. The summed E-state index contributed by atoms with van der Waals surface area (Å²) in [5.41, 5.74) is 0. The predicted molar refractivity (Wildman–Crippen MR) is 75.6 cm³/mol. The third-order valence-corrected chi connectivity index (χ3v) is 4.36. The zero-order chi connectivity index (χ0) is 14.4. The minimum absolute atomic E-state index is 0.150. The van der Waals surface area contributed by atoms with Gasteiger partial charge in [-0.25, -0.2) is 0 Å². The van der Waals surface area contributed by atoms with Crippen molar-refractivity contribution in [3.8, 4) is 0 Å². The molecule has 0 radical (unpaired) electrons. The molecule has 5 nitrogen and oxygen atoms in total. The lowest BCUT2D eigenvalue weighted by Crippen LogP contribution is -2.46. The van der Waals surface area contributed by atoms with Gasteiger partial charge in [0.25, 0.3) is 0 Å². The van der Waals surface area contributed by atoms with Crippen LogP contribution in [-0.2, 0) is 19.0 Å². The van der Waals surface area contributed by atoms with Crippen molar-refractivity contribution < 1.29 is 19.0 Å². The summed E-state index contributed by atoms with van der Waals surface area (Å²) in [6, 6.07) is -0.150. The van der Waals surface area contributed by atoms with Crippen molar-refractivity contribution in [2.45, 2.75) is 57.3 Å². The predicted octanol–water partition coefficient (Wildman–Crippen LogP) is 1.60. The molecule has 0 aromatic heterocycles. The van der Waals surface area contributed by atoms with Gasteiger partial charge in [-0.1, -0.05) is 0 Å². The van der Waals surface area contributed by atoms with Gasteiger partial charge in [0.2, 0.25) is 0 Å². The molecule has 0 aromatic carbocycles. The summed E-state index contributed by atoms with van der Waals surface area (Å²) in [4.78, 5) is 13.7. The van der Waals surface area contributed by atoms with Gasteiger partial charge in [0, 0.05) is 19.7 Å². The maximum Gasteiger partial charge on any atom is 0.322 e. The fourth-order valence-corrected chi connectivity index (χ4v) is 2.93. The Bertz CT molecular complexity index is 296. The quantitative estimate of drug-likeness (QED) is 0.718. The molecular formula is C15H27NO4. The van der Waals surface area contributed by atoms with Crippen molar-refractivity contribution in [2.75, 3.05) is 33.4 Å². The molecule has 2 aliphatic heterocycles. The van der Waals surface area contributed by atoms with Crippen LogP contribution < -0.4 is 0 Å². The molecule has 0 amide bonds. The van der Waals surface area contributed by atoms with Crippen molar-refractivity contribution >= 4 is 5.97 Å². The molecule has 2 fully saturated rings. The van der Waals surface area contributed by atoms with Crippen LogP contribution in [0.3, 0.4) is 0 Å². The molecule has 0 aromatic rings. The molecule has 2 heterocycles. The number of piperidine rings is 1. The molecular weight excluding hydrogens is 258 g/mol. The molecule has 0 saturated carbocycles. The van der Waals surface area contributed by atoms with E-state index in [2.05, 4.69) is 4.90 Å². The normalized spacial score (nSPS) is 27.2. The maximum atomic E-state index is 11.5. The Labute approximate surface area is 121 Å². The van der Waals surface area contributed by atoms with Crippen LogP contribution in [0.1, 0.15) is 39.0 Å². The van der Waals surface area contributed by atoms with E-state index in [4.69, 9.17) is 14.2 Å². The molecule has 0 N–H and O–H groups in total. The zero-order valence-corrected chi connectivity index (χ0v) is 12.7. The highest BCUT2D eigenvalue weighted by molar-refractivity contribution is 5.75. The van der Waals surface area contributed by atoms with Crippen LogP contribution >= 0.6 is 0 Å². The first kappa shape index (κ1) is 15.7. The van der Waals surface area contributed by atoms with Crippen molar-refractivity contribution in [2.24, 2.45) is 0 Å². The Balaban J connectivity index is 1.65. The number of carbonyl (C=O) groups is 1. The highest BCUT2D eigenvalue weighted by Gasteiger charge is 2.28. The van der Waals surface area contributed by atoms with Crippen molar-refractivity contribution in [1.29, 1.82) is 0 Å². The van der Waals surface area contributed by atoms with Gasteiger partial charge in [-0.05, 0) is 39.0 Å². The summed E-state index contributed by atoms with van der Waals surface area (Å²) in [6.45, 7) is 5.29. The summed E-state index contributed by atoms with van der Waals surface area (Å²) in [7, 11) is 1.44.